The van der Waals surface area contributed by atoms with Crippen molar-refractivity contribution in [2.24, 2.45) is 0 Å². The lowest BCUT2D eigenvalue weighted by Crippen LogP contribution is -2.48. The van der Waals surface area contributed by atoms with Gasteiger partial charge in [0.25, 0.3) is 5.91 Å². The minimum atomic E-state index is 0.0673. The van der Waals surface area contributed by atoms with Crippen LogP contribution in [0.1, 0.15) is 21.7 Å². The summed E-state index contributed by atoms with van der Waals surface area (Å²) in [6, 6.07) is 25.9. The van der Waals surface area contributed by atoms with Crippen molar-refractivity contribution in [3.05, 3.63) is 101 Å². The molecule has 0 atom stereocenters. The van der Waals surface area contributed by atoms with Gasteiger partial charge in [0, 0.05) is 43.3 Å². The van der Waals surface area contributed by atoms with E-state index >= 15 is 0 Å². The SMILES string of the molecule is O=C(c1ccc(Cl)cc1)N1CCN(Cc2nc3ccccc3n2Cc2ccccc2)CC1. The fourth-order valence-electron chi connectivity index (χ4n) is 4.27. The van der Waals surface area contributed by atoms with E-state index in [2.05, 4.69) is 51.9 Å². The molecule has 0 aliphatic carbocycles. The highest BCUT2D eigenvalue weighted by Crippen LogP contribution is 2.20. The highest BCUT2D eigenvalue weighted by Gasteiger charge is 2.23. The molecule has 1 amide bonds. The van der Waals surface area contributed by atoms with Crippen LogP contribution in [0.3, 0.4) is 0 Å². The Morgan fingerprint density at radius 1 is 0.812 bits per heavy atom. The molecule has 1 fully saturated rings. The van der Waals surface area contributed by atoms with Crippen LogP contribution < -0.4 is 0 Å². The van der Waals surface area contributed by atoms with Gasteiger partial charge < -0.3 is 9.47 Å². The number of halogens is 1. The summed E-state index contributed by atoms with van der Waals surface area (Å²) in [7, 11) is 0. The van der Waals surface area contributed by atoms with Crippen molar-refractivity contribution in [1.29, 1.82) is 0 Å². The standard InChI is InChI=1S/C26H25ClN4O/c27-22-12-10-21(11-13-22)26(32)30-16-14-29(15-17-30)19-25-28-23-8-4-5-9-24(23)31(25)18-20-6-2-1-3-7-20/h1-13H,14-19H2. The fraction of sp³-hybridized carbons (Fsp3) is 0.231. The number of para-hydroxylation sites is 2. The molecule has 3 aromatic carbocycles. The molecule has 0 radical (unpaired) electrons. The smallest absolute Gasteiger partial charge is 0.253 e. The van der Waals surface area contributed by atoms with Gasteiger partial charge in [-0.25, -0.2) is 4.98 Å². The molecule has 5 rings (SSSR count). The van der Waals surface area contributed by atoms with Crippen LogP contribution in [0.4, 0.5) is 0 Å². The summed E-state index contributed by atoms with van der Waals surface area (Å²) in [5.41, 5.74) is 4.13. The second kappa shape index (κ2) is 9.15. The zero-order valence-corrected chi connectivity index (χ0v) is 18.6. The van der Waals surface area contributed by atoms with Crippen LogP contribution in [0.15, 0.2) is 78.9 Å². The molecule has 0 saturated carbocycles. The van der Waals surface area contributed by atoms with E-state index in [9.17, 15) is 4.79 Å². The van der Waals surface area contributed by atoms with Crippen LogP contribution >= 0.6 is 11.6 Å². The number of benzene rings is 3. The van der Waals surface area contributed by atoms with E-state index in [1.54, 1.807) is 24.3 Å². The Morgan fingerprint density at radius 2 is 1.50 bits per heavy atom. The van der Waals surface area contributed by atoms with Crippen LogP contribution in [0, 0.1) is 0 Å². The predicted octanol–water partition coefficient (Wildman–Crippen LogP) is 4.70. The van der Waals surface area contributed by atoms with Gasteiger partial charge in [-0.2, -0.15) is 0 Å². The lowest BCUT2D eigenvalue weighted by Gasteiger charge is -2.34. The summed E-state index contributed by atoms with van der Waals surface area (Å²) in [5.74, 6) is 1.13. The number of hydrogen-bond acceptors (Lipinski definition) is 3. The Kier molecular flexibility index (Phi) is 5.93. The third-order valence-electron chi connectivity index (χ3n) is 6.03. The maximum absolute atomic E-state index is 12.8. The van der Waals surface area contributed by atoms with Gasteiger partial charge in [0.05, 0.1) is 17.6 Å². The van der Waals surface area contributed by atoms with Crippen molar-refractivity contribution >= 4 is 28.5 Å². The topological polar surface area (TPSA) is 41.4 Å². The first-order valence-electron chi connectivity index (χ1n) is 10.9. The quantitative estimate of drug-likeness (QED) is 0.448. The average Bonchev–Trinajstić information content (AvgIpc) is 3.17. The number of rotatable bonds is 5. The Hall–Kier alpha value is -3.15. The summed E-state index contributed by atoms with van der Waals surface area (Å²) in [6.07, 6.45) is 0. The molecule has 0 unspecified atom stereocenters. The van der Waals surface area contributed by atoms with Crippen molar-refractivity contribution in [2.45, 2.75) is 13.1 Å². The highest BCUT2D eigenvalue weighted by atomic mass is 35.5. The normalized spacial score (nSPS) is 14.7. The monoisotopic (exact) mass is 444 g/mol. The summed E-state index contributed by atoms with van der Waals surface area (Å²) in [5, 5.41) is 0.643. The van der Waals surface area contributed by atoms with Crippen molar-refractivity contribution in [1.82, 2.24) is 19.4 Å². The molecule has 1 saturated heterocycles. The van der Waals surface area contributed by atoms with Gasteiger partial charge in [-0.05, 0) is 42.0 Å². The van der Waals surface area contributed by atoms with Crippen molar-refractivity contribution < 1.29 is 4.79 Å². The third kappa shape index (κ3) is 4.40. The van der Waals surface area contributed by atoms with Gasteiger partial charge in [-0.1, -0.05) is 54.1 Å². The number of fused-ring (bicyclic) bond motifs is 1. The summed E-state index contributed by atoms with van der Waals surface area (Å²) in [4.78, 5) is 22.0. The molecule has 0 bridgehead atoms. The van der Waals surface area contributed by atoms with Crippen LogP contribution in [-0.4, -0.2) is 51.4 Å². The lowest BCUT2D eigenvalue weighted by molar-refractivity contribution is 0.0624. The van der Waals surface area contributed by atoms with Crippen molar-refractivity contribution in [3.8, 4) is 0 Å². The van der Waals surface area contributed by atoms with Crippen LogP contribution in [0.25, 0.3) is 11.0 Å². The number of piperazine rings is 1. The molecule has 2 heterocycles. The summed E-state index contributed by atoms with van der Waals surface area (Å²) in [6.45, 7) is 4.64. The van der Waals surface area contributed by atoms with E-state index in [4.69, 9.17) is 16.6 Å². The Balaban J connectivity index is 1.30. The largest absolute Gasteiger partial charge is 0.336 e. The van der Waals surface area contributed by atoms with Gasteiger partial charge in [0.2, 0.25) is 0 Å². The molecule has 0 N–H and O–H groups in total. The van der Waals surface area contributed by atoms with E-state index < -0.39 is 0 Å². The zero-order chi connectivity index (χ0) is 21.9. The van der Waals surface area contributed by atoms with Crippen LogP contribution in [0.5, 0.6) is 0 Å². The molecule has 5 nitrogen and oxygen atoms in total. The molecular weight excluding hydrogens is 420 g/mol. The van der Waals surface area contributed by atoms with Gasteiger partial charge >= 0.3 is 0 Å². The molecule has 4 aromatic rings. The van der Waals surface area contributed by atoms with Gasteiger partial charge in [0.15, 0.2) is 0 Å². The fourth-order valence-corrected chi connectivity index (χ4v) is 4.40. The Labute approximate surface area is 192 Å². The number of hydrogen-bond donors (Lipinski definition) is 0. The molecule has 0 spiro atoms. The number of aromatic nitrogens is 2. The average molecular weight is 445 g/mol. The minimum absolute atomic E-state index is 0.0673. The Bertz CT molecular complexity index is 1210. The van der Waals surface area contributed by atoms with E-state index in [1.165, 1.54) is 5.56 Å². The molecule has 1 aliphatic rings. The molecule has 162 valence electrons. The highest BCUT2D eigenvalue weighted by molar-refractivity contribution is 6.30. The number of carbonyl (C=O) groups excluding carboxylic acids is 1. The molecule has 6 heteroatoms. The van der Waals surface area contributed by atoms with E-state index in [0.29, 0.717) is 23.7 Å². The number of imidazole rings is 1. The van der Waals surface area contributed by atoms with Gasteiger partial charge in [-0.15, -0.1) is 0 Å². The minimum Gasteiger partial charge on any atom is -0.336 e. The third-order valence-corrected chi connectivity index (χ3v) is 6.28. The van der Waals surface area contributed by atoms with Gasteiger partial charge in [-0.3, -0.25) is 9.69 Å². The first-order valence-corrected chi connectivity index (χ1v) is 11.3. The predicted molar refractivity (Wildman–Crippen MR) is 128 cm³/mol. The lowest BCUT2D eigenvalue weighted by atomic mass is 10.2. The van der Waals surface area contributed by atoms with Crippen molar-refractivity contribution in [3.63, 3.8) is 0 Å². The number of carbonyl (C=O) groups is 1. The van der Waals surface area contributed by atoms with E-state index in [-0.39, 0.29) is 5.91 Å². The first-order chi connectivity index (χ1) is 15.7. The summed E-state index contributed by atoms with van der Waals surface area (Å²) < 4.78 is 2.32. The van der Waals surface area contributed by atoms with Crippen molar-refractivity contribution in [2.75, 3.05) is 26.2 Å². The maximum Gasteiger partial charge on any atom is 0.253 e. The first kappa shape index (κ1) is 20.7. The molecular formula is C26H25ClN4O. The number of nitrogens with zero attached hydrogens (tertiary/aromatic N) is 4. The zero-order valence-electron chi connectivity index (χ0n) is 17.8. The van der Waals surface area contributed by atoms with Crippen LogP contribution in [0.2, 0.25) is 5.02 Å². The molecule has 1 aromatic heterocycles. The number of amides is 1. The molecule has 32 heavy (non-hydrogen) atoms. The molecule has 1 aliphatic heterocycles. The summed E-state index contributed by atoms with van der Waals surface area (Å²) >= 11 is 5.95. The second-order valence-corrected chi connectivity index (χ2v) is 8.60. The second-order valence-electron chi connectivity index (χ2n) is 8.16. The Morgan fingerprint density at radius 3 is 2.25 bits per heavy atom. The van der Waals surface area contributed by atoms with E-state index in [1.807, 2.05) is 17.0 Å². The van der Waals surface area contributed by atoms with Crippen LogP contribution in [-0.2, 0) is 13.1 Å². The maximum atomic E-state index is 12.8. The van der Waals surface area contributed by atoms with E-state index in [0.717, 1.165) is 43.0 Å². The van der Waals surface area contributed by atoms with Gasteiger partial charge in [0.1, 0.15) is 5.82 Å².